The molecule has 12 heteroatoms. The standard InChI is InChI=1S/C41H55N3O9/c1-49-21-22-51-23-24-52-29-39(47)42-36(26-30-7-3-2-4-8-30)37(45)28-33(41(48)43-40-35-10-6-5-9-32(35)27-38(40)46)25-31-11-13-34(14-12-31)53-20-17-44-15-18-50-19-16-44/h2-14,33,36-38,40,45-46H,15-29H2,1H3,(H,42,47)(H,43,48)/t33?,36?,37?,38-,40-/m0/s1. The lowest BCUT2D eigenvalue weighted by atomic mass is 9.88. The van der Waals surface area contributed by atoms with Crippen LogP contribution in [0.1, 0.15) is 34.7 Å². The Labute approximate surface area is 312 Å². The number of carbonyl (C=O) groups is 2. The topological polar surface area (TPSA) is 148 Å². The van der Waals surface area contributed by atoms with Gasteiger partial charge in [-0.25, -0.2) is 0 Å². The molecular formula is C41H55N3O9. The number of benzene rings is 3. The molecule has 5 rings (SSSR count). The van der Waals surface area contributed by atoms with Crippen molar-refractivity contribution in [2.75, 3.05) is 79.6 Å². The Morgan fingerprint density at radius 1 is 0.868 bits per heavy atom. The van der Waals surface area contributed by atoms with Crippen LogP contribution in [0.2, 0.25) is 0 Å². The SMILES string of the molecule is COCCOCCOCC(=O)NC(Cc1ccccc1)C(O)CC(Cc1ccc(OCCN2CCOCC2)cc1)C(=O)N[C@H]1c2ccccc2C[C@@H]1O. The number of aliphatic hydroxyl groups excluding tert-OH is 2. The van der Waals surface area contributed by atoms with Gasteiger partial charge in [0.25, 0.3) is 0 Å². The number of carbonyl (C=O) groups excluding carboxylic acids is 2. The minimum absolute atomic E-state index is 0.0695. The van der Waals surface area contributed by atoms with Crippen molar-refractivity contribution in [2.45, 2.75) is 50.0 Å². The van der Waals surface area contributed by atoms with Gasteiger partial charge >= 0.3 is 0 Å². The third-order valence-electron chi connectivity index (χ3n) is 9.73. The Hall–Kier alpha value is -3.88. The number of methoxy groups -OCH3 is 1. The van der Waals surface area contributed by atoms with Crippen LogP contribution in [0, 0.1) is 5.92 Å². The predicted octanol–water partition coefficient (Wildman–Crippen LogP) is 2.49. The number of aliphatic hydroxyl groups is 2. The second-order valence-electron chi connectivity index (χ2n) is 13.6. The molecule has 0 aromatic heterocycles. The third-order valence-corrected chi connectivity index (χ3v) is 9.73. The fourth-order valence-electron chi connectivity index (χ4n) is 6.81. The van der Waals surface area contributed by atoms with Crippen LogP contribution in [0.3, 0.4) is 0 Å². The van der Waals surface area contributed by atoms with E-state index in [9.17, 15) is 19.8 Å². The maximum Gasteiger partial charge on any atom is 0.246 e. The molecule has 1 saturated heterocycles. The zero-order chi connectivity index (χ0) is 37.3. The molecule has 5 atom stereocenters. The van der Waals surface area contributed by atoms with E-state index < -0.39 is 30.2 Å². The third kappa shape index (κ3) is 13.2. The van der Waals surface area contributed by atoms with Gasteiger partial charge in [0, 0.05) is 39.1 Å². The van der Waals surface area contributed by atoms with Gasteiger partial charge < -0.3 is 44.5 Å². The quantitative estimate of drug-likeness (QED) is 0.114. The first-order valence-corrected chi connectivity index (χ1v) is 18.6. The van der Waals surface area contributed by atoms with E-state index in [4.69, 9.17) is 23.7 Å². The van der Waals surface area contributed by atoms with E-state index in [1.165, 1.54) is 0 Å². The molecular weight excluding hydrogens is 678 g/mol. The second-order valence-corrected chi connectivity index (χ2v) is 13.6. The average molecular weight is 734 g/mol. The van der Waals surface area contributed by atoms with Crippen molar-refractivity contribution in [1.82, 2.24) is 15.5 Å². The number of rotatable bonds is 22. The lowest BCUT2D eigenvalue weighted by Gasteiger charge is -2.29. The van der Waals surface area contributed by atoms with E-state index >= 15 is 0 Å². The summed E-state index contributed by atoms with van der Waals surface area (Å²) >= 11 is 0. The molecule has 1 fully saturated rings. The van der Waals surface area contributed by atoms with Crippen LogP contribution in [0.25, 0.3) is 0 Å². The minimum atomic E-state index is -1.07. The molecule has 3 aromatic rings. The van der Waals surface area contributed by atoms with Crippen molar-refractivity contribution in [2.24, 2.45) is 5.92 Å². The minimum Gasteiger partial charge on any atom is -0.492 e. The number of ether oxygens (including phenoxy) is 5. The highest BCUT2D eigenvalue weighted by atomic mass is 16.5. The normalized spacial score (nSPS) is 18.8. The van der Waals surface area contributed by atoms with E-state index in [0.29, 0.717) is 45.7 Å². The molecule has 12 nitrogen and oxygen atoms in total. The Bertz CT molecular complexity index is 1520. The van der Waals surface area contributed by atoms with Gasteiger partial charge in [-0.3, -0.25) is 14.5 Å². The Balaban J connectivity index is 1.26. The van der Waals surface area contributed by atoms with E-state index in [0.717, 1.165) is 60.9 Å². The summed E-state index contributed by atoms with van der Waals surface area (Å²) < 4.78 is 27.3. The largest absolute Gasteiger partial charge is 0.492 e. The van der Waals surface area contributed by atoms with Crippen LogP contribution in [0.4, 0.5) is 0 Å². The van der Waals surface area contributed by atoms with Crippen LogP contribution in [0.15, 0.2) is 78.9 Å². The van der Waals surface area contributed by atoms with Crippen LogP contribution in [-0.4, -0.2) is 125 Å². The lowest BCUT2D eigenvalue weighted by molar-refractivity contribution is -0.128. The van der Waals surface area contributed by atoms with E-state index in [2.05, 4.69) is 15.5 Å². The molecule has 0 bridgehead atoms. The van der Waals surface area contributed by atoms with Crippen LogP contribution >= 0.6 is 0 Å². The Kier molecular flexibility index (Phi) is 16.5. The van der Waals surface area contributed by atoms with Gasteiger partial charge in [-0.15, -0.1) is 0 Å². The number of amides is 2. The zero-order valence-electron chi connectivity index (χ0n) is 30.7. The summed E-state index contributed by atoms with van der Waals surface area (Å²) in [5.41, 5.74) is 3.72. The highest BCUT2D eigenvalue weighted by Gasteiger charge is 2.35. The first-order valence-electron chi connectivity index (χ1n) is 18.6. The highest BCUT2D eigenvalue weighted by molar-refractivity contribution is 5.80. The van der Waals surface area contributed by atoms with Crippen LogP contribution < -0.4 is 15.4 Å². The molecule has 1 aliphatic carbocycles. The van der Waals surface area contributed by atoms with Gasteiger partial charge in [0.05, 0.1) is 63.9 Å². The molecule has 2 aliphatic rings. The first kappa shape index (κ1) is 40.3. The number of nitrogens with one attached hydrogen (secondary N) is 2. The van der Waals surface area contributed by atoms with Gasteiger partial charge in [-0.05, 0) is 53.6 Å². The summed E-state index contributed by atoms with van der Waals surface area (Å²) in [4.78, 5) is 29.5. The van der Waals surface area contributed by atoms with Crippen molar-refractivity contribution < 1.29 is 43.5 Å². The number of hydrogen-bond donors (Lipinski definition) is 4. The molecule has 1 aliphatic heterocycles. The molecule has 0 spiro atoms. The fourth-order valence-corrected chi connectivity index (χ4v) is 6.81. The Morgan fingerprint density at radius 3 is 2.34 bits per heavy atom. The number of fused-ring (bicyclic) bond motifs is 1. The maximum absolute atomic E-state index is 14.1. The lowest BCUT2D eigenvalue weighted by Crippen LogP contribution is -2.48. The van der Waals surface area contributed by atoms with Crippen molar-refractivity contribution in [3.63, 3.8) is 0 Å². The molecule has 2 amide bonds. The van der Waals surface area contributed by atoms with Crippen LogP contribution in [0.5, 0.6) is 5.75 Å². The summed E-state index contributed by atoms with van der Waals surface area (Å²) in [5.74, 6) is -0.591. The van der Waals surface area contributed by atoms with Crippen LogP contribution in [-0.2, 0) is 47.8 Å². The number of morpholine rings is 1. The zero-order valence-corrected chi connectivity index (χ0v) is 30.7. The van der Waals surface area contributed by atoms with Crippen molar-refractivity contribution >= 4 is 11.8 Å². The summed E-state index contributed by atoms with van der Waals surface area (Å²) in [6.45, 7) is 5.93. The maximum atomic E-state index is 14.1. The van der Waals surface area contributed by atoms with Crippen molar-refractivity contribution in [3.8, 4) is 5.75 Å². The molecule has 53 heavy (non-hydrogen) atoms. The van der Waals surface area contributed by atoms with E-state index in [1.54, 1.807) is 7.11 Å². The fraction of sp³-hybridized carbons (Fsp3) is 0.512. The smallest absolute Gasteiger partial charge is 0.246 e. The van der Waals surface area contributed by atoms with Gasteiger partial charge in [-0.2, -0.15) is 0 Å². The molecule has 3 aromatic carbocycles. The average Bonchev–Trinajstić information content (AvgIpc) is 3.49. The van der Waals surface area contributed by atoms with E-state index in [1.807, 2.05) is 78.9 Å². The molecule has 288 valence electrons. The first-order chi connectivity index (χ1) is 25.9. The summed E-state index contributed by atoms with van der Waals surface area (Å²) in [6, 6.07) is 23.7. The molecule has 4 N–H and O–H groups in total. The molecule has 3 unspecified atom stereocenters. The molecule has 1 heterocycles. The van der Waals surface area contributed by atoms with Gasteiger partial charge in [-0.1, -0.05) is 66.7 Å². The predicted molar refractivity (Wildman–Crippen MR) is 200 cm³/mol. The summed E-state index contributed by atoms with van der Waals surface area (Å²) in [7, 11) is 1.60. The van der Waals surface area contributed by atoms with Crippen molar-refractivity contribution in [3.05, 3.63) is 101 Å². The van der Waals surface area contributed by atoms with Gasteiger partial charge in [0.15, 0.2) is 0 Å². The van der Waals surface area contributed by atoms with Crippen molar-refractivity contribution in [1.29, 1.82) is 0 Å². The van der Waals surface area contributed by atoms with Gasteiger partial charge in [0.1, 0.15) is 19.0 Å². The highest BCUT2D eigenvalue weighted by Crippen LogP contribution is 2.32. The number of hydrogen-bond acceptors (Lipinski definition) is 10. The summed E-state index contributed by atoms with van der Waals surface area (Å²) in [6.07, 6.45) is -0.622. The van der Waals surface area contributed by atoms with E-state index in [-0.39, 0.29) is 31.4 Å². The summed E-state index contributed by atoms with van der Waals surface area (Å²) in [5, 5.41) is 28.8. The Morgan fingerprint density at radius 2 is 1.57 bits per heavy atom. The molecule has 0 radical (unpaired) electrons. The monoisotopic (exact) mass is 733 g/mol. The number of nitrogens with zero attached hydrogens (tertiary/aromatic N) is 1. The van der Waals surface area contributed by atoms with Gasteiger partial charge in [0.2, 0.25) is 11.8 Å². The molecule has 0 saturated carbocycles. The second kappa shape index (κ2) is 21.7.